The van der Waals surface area contributed by atoms with E-state index < -0.39 is 0 Å². The normalized spacial score (nSPS) is 10.1. The summed E-state index contributed by atoms with van der Waals surface area (Å²) in [6, 6.07) is 7.39. The maximum absolute atomic E-state index is 11.0. The Morgan fingerprint density at radius 2 is 2.11 bits per heavy atom. The minimum absolute atomic E-state index is 0.197. The highest BCUT2D eigenvalue weighted by molar-refractivity contribution is 7.99. The van der Waals surface area contributed by atoms with Crippen LogP contribution in [0.25, 0.3) is 11.4 Å². The fraction of sp³-hybridized carbons (Fsp3) is 0.167. The van der Waals surface area contributed by atoms with Gasteiger partial charge in [0.2, 0.25) is 0 Å². The highest BCUT2D eigenvalue weighted by Gasteiger charge is 2.06. The molecule has 0 amide bonds. The van der Waals surface area contributed by atoms with Crippen molar-refractivity contribution in [2.75, 3.05) is 12.9 Å². The topological polar surface area (TPSA) is 65.0 Å². The van der Waals surface area contributed by atoms with Gasteiger partial charge < -0.3 is 4.74 Å². The molecule has 0 fully saturated rings. The number of thioether (sulfide) groups is 1. The lowest BCUT2D eigenvalue weighted by atomic mass is 10.3. The van der Waals surface area contributed by atoms with Crippen LogP contribution in [0, 0.1) is 0 Å². The Labute approximate surface area is 109 Å². The molecule has 0 aliphatic rings. The molecule has 0 aliphatic carbocycles. The molecule has 0 aliphatic heterocycles. The Bertz CT molecular complexity index is 534. The molecule has 0 unspecified atom stereocenters. The Balaban J connectivity index is 2.13. The third kappa shape index (κ3) is 3.27. The first kappa shape index (κ1) is 12.5. The summed E-state index contributed by atoms with van der Waals surface area (Å²) in [7, 11) is 1.36. The molecule has 2 heterocycles. The van der Waals surface area contributed by atoms with Gasteiger partial charge in [0.1, 0.15) is 0 Å². The summed E-state index contributed by atoms with van der Waals surface area (Å²) in [6.07, 6.45) is 3.36. The van der Waals surface area contributed by atoms with Crippen LogP contribution in [0.1, 0.15) is 0 Å². The van der Waals surface area contributed by atoms with E-state index in [1.807, 2.05) is 18.2 Å². The second-order valence-electron chi connectivity index (χ2n) is 3.30. The molecule has 5 nitrogen and oxygen atoms in total. The van der Waals surface area contributed by atoms with Crippen molar-refractivity contribution in [3.8, 4) is 11.4 Å². The van der Waals surface area contributed by atoms with Crippen LogP contribution in [0.3, 0.4) is 0 Å². The number of carbonyl (C=O) groups is 1. The molecular weight excluding hydrogens is 250 g/mol. The number of hydrogen-bond acceptors (Lipinski definition) is 6. The van der Waals surface area contributed by atoms with Crippen molar-refractivity contribution in [1.29, 1.82) is 0 Å². The number of methoxy groups -OCH3 is 1. The van der Waals surface area contributed by atoms with E-state index in [2.05, 4.69) is 19.7 Å². The van der Waals surface area contributed by atoms with Gasteiger partial charge in [0.05, 0.1) is 24.3 Å². The molecule has 18 heavy (non-hydrogen) atoms. The summed E-state index contributed by atoms with van der Waals surface area (Å²) in [5.74, 6) is -0.103. The molecule has 0 aromatic carbocycles. The smallest absolute Gasteiger partial charge is 0.316 e. The van der Waals surface area contributed by atoms with E-state index in [0.717, 1.165) is 11.4 Å². The molecule has 0 N–H and O–H groups in total. The molecule has 0 atom stereocenters. The van der Waals surface area contributed by atoms with Crippen molar-refractivity contribution in [3.05, 3.63) is 36.7 Å². The zero-order valence-corrected chi connectivity index (χ0v) is 10.6. The van der Waals surface area contributed by atoms with Gasteiger partial charge in [0.25, 0.3) is 0 Å². The summed E-state index contributed by atoms with van der Waals surface area (Å²) in [4.78, 5) is 23.7. The van der Waals surface area contributed by atoms with E-state index in [-0.39, 0.29) is 11.7 Å². The number of aromatic nitrogens is 3. The third-order valence-electron chi connectivity index (χ3n) is 2.11. The van der Waals surface area contributed by atoms with Crippen molar-refractivity contribution in [3.63, 3.8) is 0 Å². The van der Waals surface area contributed by atoms with Gasteiger partial charge in [-0.1, -0.05) is 17.8 Å². The Morgan fingerprint density at radius 3 is 2.83 bits per heavy atom. The average molecular weight is 261 g/mol. The number of pyridine rings is 1. The average Bonchev–Trinajstić information content (AvgIpc) is 2.46. The lowest BCUT2D eigenvalue weighted by molar-refractivity contribution is -0.137. The van der Waals surface area contributed by atoms with Crippen LogP contribution >= 0.6 is 11.8 Å². The van der Waals surface area contributed by atoms with Crippen molar-refractivity contribution in [2.24, 2.45) is 0 Å². The van der Waals surface area contributed by atoms with Gasteiger partial charge in [-0.15, -0.1) is 0 Å². The van der Waals surface area contributed by atoms with E-state index >= 15 is 0 Å². The van der Waals surface area contributed by atoms with E-state index in [1.54, 1.807) is 18.5 Å². The number of hydrogen-bond donors (Lipinski definition) is 0. The SMILES string of the molecule is COC(=O)CSc1nccc(-c2ccccn2)n1. The standard InChI is InChI=1S/C12H11N3O2S/c1-17-11(16)8-18-12-14-7-5-10(15-12)9-4-2-3-6-13-9/h2-7H,8H2,1H3. The monoisotopic (exact) mass is 261 g/mol. The van der Waals surface area contributed by atoms with E-state index in [0.29, 0.717) is 5.16 Å². The van der Waals surface area contributed by atoms with Crippen LogP contribution in [0.15, 0.2) is 41.8 Å². The second kappa shape index (κ2) is 6.11. The fourth-order valence-corrected chi connectivity index (χ4v) is 1.91. The maximum atomic E-state index is 11.0. The molecule has 0 radical (unpaired) electrons. The summed E-state index contributed by atoms with van der Waals surface area (Å²) in [6.45, 7) is 0. The van der Waals surface area contributed by atoms with Gasteiger partial charge in [-0.2, -0.15) is 0 Å². The fourth-order valence-electron chi connectivity index (χ4n) is 1.25. The highest BCUT2D eigenvalue weighted by atomic mass is 32.2. The molecule has 2 rings (SSSR count). The Hall–Kier alpha value is -1.95. The van der Waals surface area contributed by atoms with E-state index in [9.17, 15) is 4.79 Å². The predicted molar refractivity (Wildman–Crippen MR) is 68.0 cm³/mol. The Morgan fingerprint density at radius 1 is 1.22 bits per heavy atom. The van der Waals surface area contributed by atoms with Gasteiger partial charge in [0.15, 0.2) is 5.16 Å². The molecule has 0 saturated carbocycles. The Kier molecular flexibility index (Phi) is 4.25. The second-order valence-corrected chi connectivity index (χ2v) is 4.25. The van der Waals surface area contributed by atoms with E-state index in [4.69, 9.17) is 0 Å². The van der Waals surface area contributed by atoms with Crippen LogP contribution in [0.4, 0.5) is 0 Å². The van der Waals surface area contributed by atoms with Gasteiger partial charge in [-0.05, 0) is 18.2 Å². The number of carbonyl (C=O) groups excluding carboxylic acids is 1. The first-order valence-electron chi connectivity index (χ1n) is 5.23. The minimum Gasteiger partial charge on any atom is -0.468 e. The van der Waals surface area contributed by atoms with Gasteiger partial charge >= 0.3 is 5.97 Å². The van der Waals surface area contributed by atoms with Gasteiger partial charge in [0, 0.05) is 12.4 Å². The summed E-state index contributed by atoms with van der Waals surface area (Å²) < 4.78 is 4.56. The highest BCUT2D eigenvalue weighted by Crippen LogP contribution is 2.18. The number of rotatable bonds is 4. The molecule has 2 aromatic rings. The molecule has 0 saturated heterocycles. The molecule has 0 spiro atoms. The molecule has 92 valence electrons. The van der Waals surface area contributed by atoms with Crippen molar-refractivity contribution >= 4 is 17.7 Å². The first-order valence-corrected chi connectivity index (χ1v) is 6.22. The van der Waals surface area contributed by atoms with Crippen LogP contribution < -0.4 is 0 Å². The minimum atomic E-state index is -0.299. The van der Waals surface area contributed by atoms with Crippen molar-refractivity contribution in [2.45, 2.75) is 5.16 Å². The zero-order valence-electron chi connectivity index (χ0n) is 9.74. The van der Waals surface area contributed by atoms with Crippen molar-refractivity contribution < 1.29 is 9.53 Å². The number of nitrogens with zero attached hydrogens (tertiary/aromatic N) is 3. The summed E-state index contributed by atoms with van der Waals surface area (Å²) in [5, 5.41) is 0.531. The molecule has 2 aromatic heterocycles. The zero-order chi connectivity index (χ0) is 12.8. The van der Waals surface area contributed by atoms with E-state index in [1.165, 1.54) is 18.9 Å². The van der Waals surface area contributed by atoms with Crippen LogP contribution in [0.2, 0.25) is 0 Å². The summed E-state index contributed by atoms with van der Waals surface area (Å²) >= 11 is 1.24. The van der Waals surface area contributed by atoms with Crippen LogP contribution in [-0.4, -0.2) is 33.8 Å². The van der Waals surface area contributed by atoms with Crippen LogP contribution in [-0.2, 0) is 9.53 Å². The first-order chi connectivity index (χ1) is 8.79. The predicted octanol–water partition coefficient (Wildman–Crippen LogP) is 1.80. The van der Waals surface area contributed by atoms with Crippen molar-refractivity contribution in [1.82, 2.24) is 15.0 Å². The maximum Gasteiger partial charge on any atom is 0.316 e. The number of ether oxygens (including phenoxy) is 1. The van der Waals surface area contributed by atoms with Crippen LogP contribution in [0.5, 0.6) is 0 Å². The quantitative estimate of drug-likeness (QED) is 0.475. The third-order valence-corrected chi connectivity index (χ3v) is 2.94. The molecule has 6 heteroatoms. The number of esters is 1. The largest absolute Gasteiger partial charge is 0.468 e. The lowest BCUT2D eigenvalue weighted by Crippen LogP contribution is -2.04. The molecule has 0 bridgehead atoms. The van der Waals surface area contributed by atoms with Gasteiger partial charge in [-0.25, -0.2) is 9.97 Å². The van der Waals surface area contributed by atoms with Gasteiger partial charge in [-0.3, -0.25) is 9.78 Å². The lowest BCUT2D eigenvalue weighted by Gasteiger charge is -2.02. The molecular formula is C12H11N3O2S. The summed E-state index contributed by atoms with van der Waals surface area (Å²) in [5.41, 5.74) is 1.51.